The normalized spacial score (nSPS) is 12.4. The molecule has 6 nitrogen and oxygen atoms in total. The lowest BCUT2D eigenvalue weighted by Crippen LogP contribution is -2.45. The molecule has 0 spiro atoms. The van der Waals surface area contributed by atoms with Gasteiger partial charge >= 0.3 is 5.97 Å². The predicted molar refractivity (Wildman–Crippen MR) is 347 cm³/mol. The molecule has 0 bridgehead atoms. The number of hydrogen-bond donors (Lipinski definition) is 3. The first kappa shape index (κ1) is 77.9. The Hall–Kier alpha value is -1.14. The first-order chi connectivity index (χ1) is 39.0. The SMILES string of the molecule is CCCCCCCCCCCCCCCCCCCCCCCC(O)C(CO)NC(=O)CCCCCCCCCCCCCCCCCCCCCCCCCCCOC(=O)CCCCCCCCCCCCCCCCCC. The minimum atomic E-state index is -0.663. The molecule has 0 aromatic rings. The lowest BCUT2D eigenvalue weighted by Gasteiger charge is -2.22. The maximum atomic E-state index is 12.6. The molecule has 79 heavy (non-hydrogen) atoms. The molecule has 2 unspecified atom stereocenters. The van der Waals surface area contributed by atoms with Gasteiger partial charge in [-0.1, -0.05) is 393 Å². The van der Waals surface area contributed by atoms with Gasteiger partial charge in [0.15, 0.2) is 0 Å². The van der Waals surface area contributed by atoms with Crippen LogP contribution in [0.4, 0.5) is 0 Å². The van der Waals surface area contributed by atoms with Gasteiger partial charge in [-0.2, -0.15) is 0 Å². The number of carbonyl (C=O) groups excluding carboxylic acids is 2. The van der Waals surface area contributed by atoms with E-state index in [4.69, 9.17) is 4.74 Å². The van der Waals surface area contributed by atoms with Gasteiger partial charge in [0.25, 0.3) is 0 Å². The van der Waals surface area contributed by atoms with Crippen molar-refractivity contribution in [1.29, 1.82) is 0 Å². The van der Waals surface area contributed by atoms with Gasteiger partial charge in [0.1, 0.15) is 0 Å². The summed E-state index contributed by atoms with van der Waals surface area (Å²) >= 11 is 0. The molecule has 0 aromatic carbocycles. The summed E-state index contributed by atoms with van der Waals surface area (Å²) in [6, 6.07) is -0.540. The molecule has 0 rings (SSSR count). The third-order valence-corrected chi connectivity index (χ3v) is 17.7. The Morgan fingerprint density at radius 1 is 0.304 bits per heavy atom. The molecule has 0 aliphatic carbocycles. The number of esters is 1. The zero-order valence-electron chi connectivity index (χ0n) is 54.2. The second kappa shape index (κ2) is 69.4. The number of ether oxygens (including phenoxy) is 1. The summed E-state index contributed by atoms with van der Waals surface area (Å²) in [6.45, 7) is 5.01. The highest BCUT2D eigenvalue weighted by atomic mass is 16.5. The van der Waals surface area contributed by atoms with Crippen molar-refractivity contribution in [2.24, 2.45) is 0 Å². The van der Waals surface area contributed by atoms with Crippen LogP contribution in [0.5, 0.6) is 0 Å². The molecule has 0 heterocycles. The molecule has 1 amide bonds. The van der Waals surface area contributed by atoms with Crippen LogP contribution in [-0.2, 0) is 14.3 Å². The second-order valence-electron chi connectivity index (χ2n) is 25.6. The fourth-order valence-electron chi connectivity index (χ4n) is 12.1. The zero-order valence-corrected chi connectivity index (χ0v) is 54.2. The van der Waals surface area contributed by atoms with Crippen molar-refractivity contribution in [2.45, 2.75) is 443 Å². The fourth-order valence-corrected chi connectivity index (χ4v) is 12.1. The minimum Gasteiger partial charge on any atom is -0.466 e. The number of amides is 1. The quantitative estimate of drug-likeness (QED) is 0.0417. The molecule has 0 aliphatic rings. The van der Waals surface area contributed by atoms with E-state index in [0.717, 1.165) is 38.5 Å². The van der Waals surface area contributed by atoms with Gasteiger partial charge in [0.05, 0.1) is 25.4 Å². The lowest BCUT2D eigenvalue weighted by molar-refractivity contribution is -0.143. The molecule has 0 aliphatic heterocycles. The van der Waals surface area contributed by atoms with E-state index in [0.29, 0.717) is 25.9 Å². The van der Waals surface area contributed by atoms with E-state index in [1.165, 1.54) is 360 Å². The number of aliphatic hydroxyl groups excluding tert-OH is 2. The molecule has 472 valence electrons. The van der Waals surface area contributed by atoms with Crippen LogP contribution in [0.3, 0.4) is 0 Å². The number of rotatable bonds is 70. The Bertz CT molecular complexity index is 1150. The van der Waals surface area contributed by atoms with Gasteiger partial charge < -0.3 is 20.3 Å². The maximum absolute atomic E-state index is 12.6. The standard InChI is InChI=1S/C73H145NO5/c1-3-5-7-9-11-13-15-17-19-21-22-28-31-34-37-41-45-49-53-57-61-65-71(76)70(69-75)74-72(77)66-62-58-54-50-46-42-38-35-32-29-26-24-23-25-27-30-33-36-40-44-48-52-56-60-64-68-79-73(78)67-63-59-55-51-47-43-39-20-18-16-14-12-10-8-6-4-2/h70-71,75-76H,3-69H2,1-2H3,(H,74,77). The van der Waals surface area contributed by atoms with Crippen molar-refractivity contribution in [3.63, 3.8) is 0 Å². The number of nitrogens with one attached hydrogen (secondary N) is 1. The van der Waals surface area contributed by atoms with Gasteiger partial charge in [-0.15, -0.1) is 0 Å². The molecule has 0 fully saturated rings. The van der Waals surface area contributed by atoms with Crippen LogP contribution in [0.25, 0.3) is 0 Å². The molecule has 3 N–H and O–H groups in total. The van der Waals surface area contributed by atoms with E-state index in [2.05, 4.69) is 19.2 Å². The topological polar surface area (TPSA) is 95.9 Å². The van der Waals surface area contributed by atoms with Crippen LogP contribution in [0, 0.1) is 0 Å². The summed E-state index contributed by atoms with van der Waals surface area (Å²) in [5.41, 5.74) is 0. The Morgan fingerprint density at radius 3 is 0.772 bits per heavy atom. The van der Waals surface area contributed by atoms with Crippen LogP contribution in [-0.4, -0.2) is 47.4 Å². The molecule has 0 saturated heterocycles. The monoisotopic (exact) mass is 1120 g/mol. The Kier molecular flexibility index (Phi) is 68.4. The van der Waals surface area contributed by atoms with Gasteiger partial charge in [-0.25, -0.2) is 0 Å². The molecule has 0 radical (unpaired) electrons. The number of unbranched alkanes of at least 4 members (excludes halogenated alkanes) is 59. The number of carbonyl (C=O) groups is 2. The lowest BCUT2D eigenvalue weighted by atomic mass is 10.0. The van der Waals surface area contributed by atoms with Crippen molar-refractivity contribution in [2.75, 3.05) is 13.2 Å². The van der Waals surface area contributed by atoms with Crippen LogP contribution >= 0.6 is 0 Å². The Morgan fingerprint density at radius 2 is 0.519 bits per heavy atom. The second-order valence-corrected chi connectivity index (χ2v) is 25.6. The van der Waals surface area contributed by atoms with E-state index in [-0.39, 0.29) is 18.5 Å². The van der Waals surface area contributed by atoms with Crippen molar-refractivity contribution < 1.29 is 24.5 Å². The summed E-state index contributed by atoms with van der Waals surface area (Å²) in [6.07, 6.45) is 84.4. The summed E-state index contributed by atoms with van der Waals surface area (Å²) in [5, 5.41) is 23.4. The molecule has 6 heteroatoms. The van der Waals surface area contributed by atoms with Crippen LogP contribution in [0.15, 0.2) is 0 Å². The van der Waals surface area contributed by atoms with Crippen LogP contribution in [0.1, 0.15) is 431 Å². The van der Waals surface area contributed by atoms with Crippen molar-refractivity contribution >= 4 is 11.9 Å². The molecule has 0 saturated carbocycles. The number of aliphatic hydroxyl groups is 2. The number of hydrogen-bond acceptors (Lipinski definition) is 5. The van der Waals surface area contributed by atoms with Crippen molar-refractivity contribution in [1.82, 2.24) is 5.32 Å². The van der Waals surface area contributed by atoms with E-state index in [1.807, 2.05) is 0 Å². The molecular weight excluding hydrogens is 971 g/mol. The third kappa shape index (κ3) is 65.9. The Labute approximate surface area is 496 Å². The average Bonchev–Trinajstić information content (AvgIpc) is 3.45. The van der Waals surface area contributed by atoms with E-state index in [1.54, 1.807) is 0 Å². The molecule has 2 atom stereocenters. The van der Waals surface area contributed by atoms with E-state index in [9.17, 15) is 19.8 Å². The van der Waals surface area contributed by atoms with Gasteiger partial charge in [-0.3, -0.25) is 9.59 Å². The zero-order chi connectivity index (χ0) is 57.1. The van der Waals surface area contributed by atoms with E-state index >= 15 is 0 Å². The highest BCUT2D eigenvalue weighted by molar-refractivity contribution is 5.76. The van der Waals surface area contributed by atoms with Gasteiger partial charge in [0, 0.05) is 12.8 Å². The maximum Gasteiger partial charge on any atom is 0.305 e. The first-order valence-corrected chi connectivity index (χ1v) is 36.8. The minimum absolute atomic E-state index is 0.0215. The third-order valence-electron chi connectivity index (χ3n) is 17.7. The van der Waals surface area contributed by atoms with Gasteiger partial charge in [0.2, 0.25) is 5.91 Å². The fraction of sp³-hybridized carbons (Fsp3) is 0.973. The van der Waals surface area contributed by atoms with Crippen LogP contribution in [0.2, 0.25) is 0 Å². The highest BCUT2D eigenvalue weighted by Gasteiger charge is 2.20. The summed E-state index contributed by atoms with van der Waals surface area (Å²) in [7, 11) is 0. The highest BCUT2D eigenvalue weighted by Crippen LogP contribution is 2.20. The Balaban J connectivity index is 3.34. The van der Waals surface area contributed by atoms with E-state index < -0.39 is 12.1 Å². The summed E-state index contributed by atoms with van der Waals surface area (Å²) < 4.78 is 5.51. The first-order valence-electron chi connectivity index (χ1n) is 36.8. The molecule has 0 aromatic heterocycles. The summed E-state index contributed by atoms with van der Waals surface area (Å²) in [4.78, 5) is 24.6. The average molecular weight is 1120 g/mol. The van der Waals surface area contributed by atoms with Crippen molar-refractivity contribution in [3.8, 4) is 0 Å². The summed E-state index contributed by atoms with van der Waals surface area (Å²) in [5.74, 6) is -0.00605. The van der Waals surface area contributed by atoms with Crippen molar-refractivity contribution in [3.05, 3.63) is 0 Å². The largest absolute Gasteiger partial charge is 0.466 e. The molecular formula is C73H145NO5. The van der Waals surface area contributed by atoms with Gasteiger partial charge in [-0.05, 0) is 25.7 Å². The van der Waals surface area contributed by atoms with Crippen LogP contribution < -0.4 is 5.32 Å². The predicted octanol–water partition coefficient (Wildman–Crippen LogP) is 23.8. The smallest absolute Gasteiger partial charge is 0.305 e.